The lowest BCUT2D eigenvalue weighted by Gasteiger charge is -2.15. The van der Waals surface area contributed by atoms with Crippen LogP contribution in [-0.2, 0) is 13.5 Å². The fourth-order valence-electron chi connectivity index (χ4n) is 2.46. The molecule has 0 aliphatic rings. The smallest absolute Gasteiger partial charge is 0.0847 e. The number of nitrogens with two attached hydrogens (primary N) is 1. The molecule has 0 saturated heterocycles. The maximum atomic E-state index is 6.33. The molecule has 0 spiro atoms. The lowest BCUT2D eigenvalue weighted by atomic mass is 9.96. The van der Waals surface area contributed by atoms with Gasteiger partial charge in [-0.2, -0.15) is 5.10 Å². The van der Waals surface area contributed by atoms with Gasteiger partial charge in [0, 0.05) is 19.5 Å². The molecule has 2 rings (SSSR count). The van der Waals surface area contributed by atoms with Crippen molar-refractivity contribution < 1.29 is 0 Å². The minimum atomic E-state index is -0.0621. The molecule has 4 heteroatoms. The average molecular weight is 278 g/mol. The maximum Gasteiger partial charge on any atom is 0.0847 e. The number of aryl methyl sites for hydroxylation is 4. The highest BCUT2D eigenvalue weighted by Crippen LogP contribution is 2.26. The molecule has 19 heavy (non-hydrogen) atoms. The van der Waals surface area contributed by atoms with Gasteiger partial charge in [-0.05, 0) is 31.9 Å². The van der Waals surface area contributed by atoms with Crippen LogP contribution in [-0.4, -0.2) is 9.78 Å². The van der Waals surface area contributed by atoms with Crippen molar-refractivity contribution in [3.8, 4) is 0 Å². The Morgan fingerprint density at radius 3 is 2.53 bits per heavy atom. The van der Waals surface area contributed by atoms with Crippen LogP contribution in [0.1, 0.15) is 34.1 Å². The van der Waals surface area contributed by atoms with Crippen molar-refractivity contribution in [2.24, 2.45) is 12.8 Å². The number of rotatable bonds is 3. The lowest BCUT2D eigenvalue weighted by Crippen LogP contribution is -2.16. The highest BCUT2D eigenvalue weighted by atomic mass is 35.5. The molecule has 1 unspecified atom stereocenters. The average Bonchev–Trinajstić information content (AvgIpc) is 2.56. The summed E-state index contributed by atoms with van der Waals surface area (Å²) in [6, 6.07) is 6.30. The van der Waals surface area contributed by atoms with E-state index in [9.17, 15) is 0 Å². The van der Waals surface area contributed by atoms with E-state index in [2.05, 4.69) is 37.1 Å². The summed E-state index contributed by atoms with van der Waals surface area (Å²) < 4.78 is 1.82. The molecule has 0 amide bonds. The van der Waals surface area contributed by atoms with Crippen LogP contribution in [0.3, 0.4) is 0 Å². The van der Waals surface area contributed by atoms with Crippen molar-refractivity contribution in [2.45, 2.75) is 33.2 Å². The van der Waals surface area contributed by atoms with Gasteiger partial charge < -0.3 is 5.73 Å². The van der Waals surface area contributed by atoms with E-state index >= 15 is 0 Å². The molecule has 2 N–H and O–H groups in total. The molecule has 0 fully saturated rings. The highest BCUT2D eigenvalue weighted by molar-refractivity contribution is 6.31. The molecule has 0 bridgehead atoms. The molecule has 1 aromatic heterocycles. The molecule has 0 aliphatic heterocycles. The predicted octanol–water partition coefficient (Wildman–Crippen LogP) is 3.24. The Morgan fingerprint density at radius 1 is 1.32 bits per heavy atom. The lowest BCUT2D eigenvalue weighted by molar-refractivity contribution is 0.637. The first-order valence-corrected chi connectivity index (χ1v) is 6.78. The fraction of sp³-hybridized carbons (Fsp3) is 0.400. The van der Waals surface area contributed by atoms with Gasteiger partial charge in [-0.15, -0.1) is 0 Å². The predicted molar refractivity (Wildman–Crippen MR) is 79.5 cm³/mol. The Hall–Kier alpha value is -1.32. The largest absolute Gasteiger partial charge is 0.324 e. The van der Waals surface area contributed by atoms with Gasteiger partial charge in [-0.1, -0.05) is 35.4 Å². The number of benzene rings is 1. The fourth-order valence-corrected chi connectivity index (χ4v) is 2.70. The number of nitrogens with zero attached hydrogens (tertiary/aromatic N) is 2. The van der Waals surface area contributed by atoms with Gasteiger partial charge in [0.05, 0.1) is 16.4 Å². The third-order valence-corrected chi connectivity index (χ3v) is 3.99. The Balaban J connectivity index is 2.28. The summed E-state index contributed by atoms with van der Waals surface area (Å²) in [5, 5.41) is 5.05. The SMILES string of the molecule is Cc1ccc(C(N)Cc2c(Cl)c(C)nn2C)c(C)c1. The zero-order valence-electron chi connectivity index (χ0n) is 11.9. The summed E-state index contributed by atoms with van der Waals surface area (Å²) in [4.78, 5) is 0. The summed E-state index contributed by atoms with van der Waals surface area (Å²) in [5.74, 6) is 0. The van der Waals surface area contributed by atoms with E-state index in [1.807, 2.05) is 18.7 Å². The van der Waals surface area contributed by atoms with Crippen LogP contribution in [0.15, 0.2) is 18.2 Å². The van der Waals surface area contributed by atoms with E-state index in [0.29, 0.717) is 6.42 Å². The normalized spacial score (nSPS) is 12.7. The molecule has 0 radical (unpaired) electrons. The first kappa shape index (κ1) is 14.1. The minimum Gasteiger partial charge on any atom is -0.324 e. The third kappa shape index (κ3) is 2.82. The van der Waals surface area contributed by atoms with Crippen molar-refractivity contribution >= 4 is 11.6 Å². The number of halogens is 1. The summed E-state index contributed by atoms with van der Waals surface area (Å²) in [7, 11) is 1.91. The quantitative estimate of drug-likeness (QED) is 0.936. The van der Waals surface area contributed by atoms with Crippen LogP contribution in [0.2, 0.25) is 5.02 Å². The standard InChI is InChI=1S/C15H20ClN3/c1-9-5-6-12(10(2)7-9)13(17)8-14-15(16)11(3)18-19(14)4/h5-7,13H,8,17H2,1-4H3. The Labute approximate surface area is 119 Å². The second-order valence-electron chi connectivity index (χ2n) is 5.14. The molecule has 1 heterocycles. The van der Waals surface area contributed by atoms with Gasteiger partial charge >= 0.3 is 0 Å². The topological polar surface area (TPSA) is 43.8 Å². The Bertz CT molecular complexity index is 602. The number of aromatic nitrogens is 2. The second kappa shape index (κ2) is 5.35. The minimum absolute atomic E-state index is 0.0621. The first-order valence-electron chi connectivity index (χ1n) is 6.41. The van der Waals surface area contributed by atoms with E-state index in [1.54, 1.807) is 0 Å². The van der Waals surface area contributed by atoms with E-state index in [-0.39, 0.29) is 6.04 Å². The van der Waals surface area contributed by atoms with Gasteiger partial charge in [0.2, 0.25) is 0 Å². The highest BCUT2D eigenvalue weighted by Gasteiger charge is 2.16. The van der Waals surface area contributed by atoms with Gasteiger partial charge in [0.1, 0.15) is 0 Å². The van der Waals surface area contributed by atoms with Gasteiger partial charge in [-0.3, -0.25) is 4.68 Å². The Kier molecular flexibility index (Phi) is 3.97. The van der Waals surface area contributed by atoms with Gasteiger partial charge in [0.25, 0.3) is 0 Å². The van der Waals surface area contributed by atoms with Crippen LogP contribution in [0, 0.1) is 20.8 Å². The van der Waals surface area contributed by atoms with E-state index in [1.165, 1.54) is 16.7 Å². The second-order valence-corrected chi connectivity index (χ2v) is 5.52. The van der Waals surface area contributed by atoms with E-state index < -0.39 is 0 Å². The van der Waals surface area contributed by atoms with Crippen LogP contribution in [0.25, 0.3) is 0 Å². The van der Waals surface area contributed by atoms with Gasteiger partial charge in [-0.25, -0.2) is 0 Å². The molecule has 0 saturated carbocycles. The van der Waals surface area contributed by atoms with Crippen LogP contribution in [0.4, 0.5) is 0 Å². The van der Waals surface area contributed by atoms with Crippen molar-refractivity contribution in [3.63, 3.8) is 0 Å². The molecule has 102 valence electrons. The number of hydrogen-bond acceptors (Lipinski definition) is 2. The van der Waals surface area contributed by atoms with Crippen molar-refractivity contribution in [2.75, 3.05) is 0 Å². The van der Waals surface area contributed by atoms with Crippen molar-refractivity contribution in [1.29, 1.82) is 0 Å². The molecule has 3 nitrogen and oxygen atoms in total. The molecule has 1 atom stereocenters. The van der Waals surface area contributed by atoms with Crippen LogP contribution >= 0.6 is 11.6 Å². The molecule has 2 aromatic rings. The maximum absolute atomic E-state index is 6.33. The first-order chi connectivity index (χ1) is 8.90. The van der Waals surface area contributed by atoms with Crippen LogP contribution in [0.5, 0.6) is 0 Å². The number of hydrogen-bond donors (Lipinski definition) is 1. The summed E-state index contributed by atoms with van der Waals surface area (Å²) in [6.07, 6.45) is 0.695. The summed E-state index contributed by atoms with van der Waals surface area (Å²) in [6.45, 7) is 6.09. The third-order valence-electron chi connectivity index (χ3n) is 3.50. The monoisotopic (exact) mass is 277 g/mol. The summed E-state index contributed by atoms with van der Waals surface area (Å²) in [5.41, 5.74) is 11.8. The zero-order chi connectivity index (χ0) is 14.2. The molecular weight excluding hydrogens is 258 g/mol. The molecule has 0 aliphatic carbocycles. The van der Waals surface area contributed by atoms with E-state index in [0.717, 1.165) is 16.4 Å². The van der Waals surface area contributed by atoms with E-state index in [4.69, 9.17) is 17.3 Å². The van der Waals surface area contributed by atoms with Crippen LogP contribution < -0.4 is 5.73 Å². The Morgan fingerprint density at radius 2 is 2.00 bits per heavy atom. The van der Waals surface area contributed by atoms with Crippen molar-refractivity contribution in [3.05, 3.63) is 51.3 Å². The molecule has 1 aromatic carbocycles. The molecular formula is C15H20ClN3. The van der Waals surface area contributed by atoms with Gasteiger partial charge in [0.15, 0.2) is 0 Å². The zero-order valence-corrected chi connectivity index (χ0v) is 12.6. The summed E-state index contributed by atoms with van der Waals surface area (Å²) >= 11 is 6.27. The van der Waals surface area contributed by atoms with Crippen molar-refractivity contribution in [1.82, 2.24) is 9.78 Å².